The minimum Gasteiger partial charge on any atom is -0.311 e. The summed E-state index contributed by atoms with van der Waals surface area (Å²) in [5, 5.41) is 22.9. The van der Waals surface area contributed by atoms with Gasteiger partial charge in [0.2, 0.25) is 0 Å². The zero-order chi connectivity index (χ0) is 95.1. The summed E-state index contributed by atoms with van der Waals surface area (Å²) in [6.45, 7) is 0. The van der Waals surface area contributed by atoms with Crippen molar-refractivity contribution in [3.63, 3.8) is 0 Å². The smallest absolute Gasteiger partial charge is 0.0555 e. The number of anilines is 9. The first-order chi connectivity index (χ1) is 71.4. The Bertz CT molecular complexity index is 9890. The Kier molecular flexibility index (Phi) is 21.3. The first kappa shape index (κ1) is 84.8. The van der Waals surface area contributed by atoms with Crippen LogP contribution >= 0.6 is 22.7 Å². The van der Waals surface area contributed by atoms with Crippen molar-refractivity contribution >= 4 is 223 Å². The van der Waals surface area contributed by atoms with Crippen molar-refractivity contribution in [2.75, 3.05) is 14.7 Å². The van der Waals surface area contributed by atoms with Crippen LogP contribution in [-0.4, -0.2) is 13.7 Å². The van der Waals surface area contributed by atoms with Crippen molar-refractivity contribution in [2.24, 2.45) is 0 Å². The van der Waals surface area contributed by atoms with Gasteiger partial charge in [-0.1, -0.05) is 340 Å². The van der Waals surface area contributed by atoms with E-state index in [0.717, 1.165) is 62.6 Å². The largest absolute Gasteiger partial charge is 0.311 e. The van der Waals surface area contributed by atoms with Crippen LogP contribution in [0.4, 0.5) is 51.2 Å². The lowest BCUT2D eigenvalue weighted by molar-refractivity contribution is 1.17. The molecule has 0 N–H and O–H groups in total. The molecule has 0 saturated heterocycles. The number of hydrogen-bond acceptors (Lipinski definition) is 5. The van der Waals surface area contributed by atoms with Crippen LogP contribution in [0.15, 0.2) is 546 Å². The van der Waals surface area contributed by atoms with E-state index < -0.39 is 0 Å². The maximum Gasteiger partial charge on any atom is 0.0555 e. The SMILES string of the molecule is c1ccc(N(c2ccc(-c3ccc4ccccc4c3)cc2)c2ccc(-n3c4ccccc4c4cc5c(cc43)sc3ccccc35)cc2)cc1.c1ccc(N(c2ccc(-c3ccc4ccccc4c3)cc2)c2cccc3c(-n4c5ccccc5c5ccccc54)cccc23)cc1.c1ccc(N(c2ccc(-c3cccc4ccccc34)cc2)c2ccc(-n3c4ccccc4c4cc5c(cc43)sc3ccccc35)cc2)cc1. The summed E-state index contributed by atoms with van der Waals surface area (Å²) in [6.07, 6.45) is 0. The summed E-state index contributed by atoms with van der Waals surface area (Å²) in [5.41, 5.74) is 28.2. The molecule has 144 heavy (non-hydrogen) atoms. The Morgan fingerprint density at radius 2 is 0.458 bits per heavy atom. The highest BCUT2D eigenvalue weighted by molar-refractivity contribution is 7.26. The third kappa shape index (κ3) is 15.1. The maximum absolute atomic E-state index is 2.42. The second kappa shape index (κ2) is 36.1. The predicted octanol–water partition coefficient (Wildman–Crippen LogP) is 39.1. The Balaban J connectivity index is 0.000000108. The monoisotopic (exact) mass is 1870 g/mol. The lowest BCUT2D eigenvalue weighted by Gasteiger charge is -2.27. The molecule has 676 valence electrons. The van der Waals surface area contributed by atoms with Gasteiger partial charge in [0.25, 0.3) is 0 Å². The summed E-state index contributed by atoms with van der Waals surface area (Å²) in [7, 11) is 0. The maximum atomic E-state index is 2.42. The Hall–Kier alpha value is -18.4. The molecular formula is C136H90N6S2. The van der Waals surface area contributed by atoms with Gasteiger partial charge in [-0.25, -0.2) is 0 Å². The molecule has 0 spiro atoms. The third-order valence-electron chi connectivity index (χ3n) is 28.7. The van der Waals surface area contributed by atoms with E-state index >= 15 is 0 Å². The fraction of sp³-hybridized carbons (Fsp3) is 0. The molecule has 0 radical (unpaired) electrons. The molecule has 0 aliphatic heterocycles. The summed E-state index contributed by atoms with van der Waals surface area (Å²) in [6, 6.07) is 198. The molecule has 6 nitrogen and oxygen atoms in total. The average molecular weight is 1870 g/mol. The summed E-state index contributed by atoms with van der Waals surface area (Å²) >= 11 is 3.74. The van der Waals surface area contributed by atoms with Crippen LogP contribution in [0.1, 0.15) is 0 Å². The van der Waals surface area contributed by atoms with E-state index in [9.17, 15) is 0 Å². The zero-order valence-corrected chi connectivity index (χ0v) is 80.1. The van der Waals surface area contributed by atoms with Crippen molar-refractivity contribution in [2.45, 2.75) is 0 Å². The molecule has 29 rings (SSSR count). The molecule has 0 aliphatic carbocycles. The lowest BCUT2D eigenvalue weighted by Crippen LogP contribution is -2.10. The van der Waals surface area contributed by atoms with E-state index in [1.54, 1.807) is 0 Å². The van der Waals surface area contributed by atoms with Crippen LogP contribution in [0.5, 0.6) is 0 Å². The van der Waals surface area contributed by atoms with Crippen molar-refractivity contribution in [1.29, 1.82) is 0 Å². The molecule has 5 heterocycles. The fourth-order valence-electron chi connectivity index (χ4n) is 21.9. The quantitative estimate of drug-likeness (QED) is 0.102. The predicted molar refractivity (Wildman–Crippen MR) is 619 cm³/mol. The van der Waals surface area contributed by atoms with Crippen molar-refractivity contribution in [3.05, 3.63) is 546 Å². The van der Waals surface area contributed by atoms with Crippen LogP contribution in [0.25, 0.3) is 199 Å². The van der Waals surface area contributed by atoms with E-state index in [2.05, 4.69) is 574 Å². The summed E-state index contributed by atoms with van der Waals surface area (Å²) in [4.78, 5) is 7.05. The van der Waals surface area contributed by atoms with E-state index in [0.29, 0.717) is 0 Å². The van der Waals surface area contributed by atoms with Crippen LogP contribution in [-0.2, 0) is 0 Å². The molecule has 5 aromatic heterocycles. The van der Waals surface area contributed by atoms with Gasteiger partial charge < -0.3 is 28.4 Å². The van der Waals surface area contributed by atoms with Crippen LogP contribution in [0, 0.1) is 0 Å². The van der Waals surface area contributed by atoms with Gasteiger partial charge in [-0.2, -0.15) is 0 Å². The minimum absolute atomic E-state index is 1.11. The highest BCUT2D eigenvalue weighted by atomic mass is 32.1. The highest BCUT2D eigenvalue weighted by Gasteiger charge is 2.25. The fourth-order valence-corrected chi connectivity index (χ4v) is 24.2. The number of fused-ring (bicyclic) bond motifs is 19. The Morgan fingerprint density at radius 3 is 0.917 bits per heavy atom. The molecule has 0 saturated carbocycles. The number of hydrogen-bond donors (Lipinski definition) is 0. The molecule has 0 amide bonds. The third-order valence-corrected chi connectivity index (χ3v) is 31.0. The lowest BCUT2D eigenvalue weighted by atomic mass is 9.98. The summed E-state index contributed by atoms with van der Waals surface area (Å²) in [5.74, 6) is 0. The van der Waals surface area contributed by atoms with E-state index in [1.807, 2.05) is 22.7 Å². The van der Waals surface area contributed by atoms with Gasteiger partial charge in [-0.15, -0.1) is 22.7 Å². The Labute approximate surface area is 841 Å². The van der Waals surface area contributed by atoms with E-state index in [4.69, 9.17) is 0 Å². The Morgan fingerprint density at radius 1 is 0.146 bits per heavy atom. The molecule has 0 fully saturated rings. The molecule has 29 aromatic rings. The molecule has 8 heteroatoms. The molecule has 0 atom stereocenters. The van der Waals surface area contributed by atoms with Crippen LogP contribution in [0.2, 0.25) is 0 Å². The topological polar surface area (TPSA) is 24.5 Å². The second-order valence-electron chi connectivity index (χ2n) is 37.0. The summed E-state index contributed by atoms with van der Waals surface area (Å²) < 4.78 is 12.6. The zero-order valence-electron chi connectivity index (χ0n) is 78.5. The number of nitrogens with zero attached hydrogens (tertiary/aromatic N) is 6. The number of rotatable bonds is 15. The normalized spacial score (nSPS) is 11.6. The second-order valence-corrected chi connectivity index (χ2v) is 39.2. The molecule has 0 bridgehead atoms. The number of benzene rings is 24. The van der Waals surface area contributed by atoms with Gasteiger partial charge in [-0.3, -0.25) is 0 Å². The van der Waals surface area contributed by atoms with Crippen molar-refractivity contribution in [3.8, 4) is 50.4 Å². The van der Waals surface area contributed by atoms with Gasteiger partial charge >= 0.3 is 0 Å². The molecule has 24 aromatic carbocycles. The average Bonchev–Trinajstić information content (AvgIpc) is 1.57. The van der Waals surface area contributed by atoms with E-state index in [-0.39, 0.29) is 0 Å². The van der Waals surface area contributed by atoms with Gasteiger partial charge in [0.1, 0.15) is 0 Å². The first-order valence-corrected chi connectivity index (χ1v) is 50.8. The van der Waals surface area contributed by atoms with Crippen molar-refractivity contribution in [1.82, 2.24) is 13.7 Å². The number of para-hydroxylation sites is 7. The van der Waals surface area contributed by atoms with Crippen LogP contribution < -0.4 is 14.7 Å². The molecule has 0 aliphatic rings. The van der Waals surface area contributed by atoms with Crippen molar-refractivity contribution < 1.29 is 0 Å². The van der Waals surface area contributed by atoms with Gasteiger partial charge in [0, 0.05) is 140 Å². The minimum atomic E-state index is 1.11. The van der Waals surface area contributed by atoms with Gasteiger partial charge in [0.05, 0.1) is 44.5 Å². The number of thiophene rings is 2. The van der Waals surface area contributed by atoms with Gasteiger partial charge in [-0.05, 0) is 272 Å². The molecule has 0 unspecified atom stereocenters. The highest BCUT2D eigenvalue weighted by Crippen LogP contribution is 2.49. The number of aromatic nitrogens is 3. The van der Waals surface area contributed by atoms with Crippen LogP contribution in [0.3, 0.4) is 0 Å². The van der Waals surface area contributed by atoms with Gasteiger partial charge in [0.15, 0.2) is 0 Å². The van der Waals surface area contributed by atoms with E-state index in [1.165, 1.54) is 188 Å². The first-order valence-electron chi connectivity index (χ1n) is 49.1. The molecular weight excluding hydrogens is 1780 g/mol. The standard InChI is InChI=1S/2C46H30N2S.C44H30N2/c1-2-13-33(14-3-1)47(34-23-21-32(22-24-34)38-18-10-12-31-11-4-5-15-37(31)38)35-25-27-36(28-26-35)48-43-19-8-6-16-39(43)41-29-42-40-17-7-9-20-45(40)49-46(42)30-44(41)48;1-2-12-35(13-3-1)47(36-22-20-32(21-23-36)34-19-18-31-10-4-5-11-33(31)28-34)37-24-26-38(27-25-37)48-43-16-8-6-14-39(43)41-29-42-40-15-7-9-17-45(40)49-46(42)30-44(41)48;1-2-14-35(15-3-1)45(36-28-26-32(27-29-36)34-25-24-31-12-4-5-13-33(31)30-34)41-22-10-19-40-39(41)18-11-23-44(40)46-42-20-8-6-16-37(42)38-17-7-9-21-43(38)46/h2*1-30H;1-30H.